The van der Waals surface area contributed by atoms with Crippen molar-refractivity contribution in [2.24, 2.45) is 5.41 Å². The van der Waals surface area contributed by atoms with Gasteiger partial charge in [0.1, 0.15) is 11.6 Å². The van der Waals surface area contributed by atoms with Gasteiger partial charge in [-0.05, 0) is 48.4 Å². The molecule has 0 aliphatic heterocycles. The molecule has 76 valence electrons. The fraction of sp³-hybridized carbons (Fsp3) is 0.455. The summed E-state index contributed by atoms with van der Waals surface area (Å²) in [5, 5.41) is 0. The summed E-state index contributed by atoms with van der Waals surface area (Å²) in [5.41, 5.74) is 0.485. The van der Waals surface area contributed by atoms with E-state index in [-0.39, 0.29) is 17.0 Å². The molecule has 1 fully saturated rings. The van der Waals surface area contributed by atoms with Crippen LogP contribution in [0.3, 0.4) is 0 Å². The maximum absolute atomic E-state index is 13.3. The van der Waals surface area contributed by atoms with Gasteiger partial charge in [-0.15, -0.1) is 11.6 Å². The summed E-state index contributed by atoms with van der Waals surface area (Å²) in [4.78, 5) is 0. The average molecular weight is 217 g/mol. The van der Waals surface area contributed by atoms with Crippen molar-refractivity contribution < 1.29 is 8.78 Å². The Morgan fingerprint density at radius 1 is 1.29 bits per heavy atom. The highest BCUT2D eigenvalue weighted by Gasteiger charge is 2.42. The van der Waals surface area contributed by atoms with Crippen LogP contribution in [0.1, 0.15) is 18.4 Å². The molecule has 0 atom stereocenters. The monoisotopic (exact) mass is 216 g/mol. The fourth-order valence-electron chi connectivity index (χ4n) is 1.62. The van der Waals surface area contributed by atoms with E-state index in [1.165, 1.54) is 12.1 Å². The molecule has 0 aromatic heterocycles. The molecule has 0 nitrogen and oxygen atoms in total. The molecule has 1 aromatic rings. The van der Waals surface area contributed by atoms with Gasteiger partial charge in [-0.25, -0.2) is 8.78 Å². The lowest BCUT2D eigenvalue weighted by molar-refractivity contribution is 0.530. The number of halogens is 3. The van der Waals surface area contributed by atoms with Crippen molar-refractivity contribution in [3.63, 3.8) is 0 Å². The first-order chi connectivity index (χ1) is 6.65. The second-order valence-electron chi connectivity index (χ2n) is 4.05. The van der Waals surface area contributed by atoms with Crippen LogP contribution in [-0.2, 0) is 6.42 Å². The minimum atomic E-state index is -0.383. The summed E-state index contributed by atoms with van der Waals surface area (Å²) in [6.45, 7) is 0. The van der Waals surface area contributed by atoms with Crippen molar-refractivity contribution in [3.05, 3.63) is 35.4 Å². The quantitative estimate of drug-likeness (QED) is 0.679. The second-order valence-corrected chi connectivity index (χ2v) is 4.31. The summed E-state index contributed by atoms with van der Waals surface area (Å²) in [5.74, 6) is -0.183. The molecule has 1 aromatic carbocycles. The first kappa shape index (κ1) is 9.91. The lowest BCUT2D eigenvalue weighted by Crippen LogP contribution is -2.08. The van der Waals surface area contributed by atoms with E-state index >= 15 is 0 Å². The Balaban J connectivity index is 2.20. The third-order valence-corrected chi connectivity index (χ3v) is 3.38. The number of hydrogen-bond acceptors (Lipinski definition) is 0. The zero-order chi connectivity index (χ0) is 10.2. The lowest BCUT2D eigenvalue weighted by atomic mass is 9.98. The number of alkyl halides is 1. The Morgan fingerprint density at radius 3 is 2.57 bits per heavy atom. The maximum atomic E-state index is 13.3. The molecular weight excluding hydrogens is 206 g/mol. The Labute approximate surface area is 86.9 Å². The molecule has 0 spiro atoms. The van der Waals surface area contributed by atoms with Crippen LogP contribution in [0.4, 0.5) is 8.78 Å². The van der Waals surface area contributed by atoms with E-state index in [0.717, 1.165) is 18.9 Å². The minimum absolute atomic E-state index is 0.0379. The van der Waals surface area contributed by atoms with Gasteiger partial charge in [0.2, 0.25) is 0 Å². The SMILES string of the molecule is Fc1ccc(F)c(CC2(CCl)CC2)c1. The van der Waals surface area contributed by atoms with Gasteiger partial charge in [-0.1, -0.05) is 0 Å². The van der Waals surface area contributed by atoms with E-state index in [1.54, 1.807) is 0 Å². The summed E-state index contributed by atoms with van der Waals surface area (Å²) >= 11 is 5.78. The third kappa shape index (κ3) is 1.90. The predicted octanol–water partition coefficient (Wildman–Crippen LogP) is 3.53. The van der Waals surface area contributed by atoms with Gasteiger partial charge >= 0.3 is 0 Å². The minimum Gasteiger partial charge on any atom is -0.207 e. The van der Waals surface area contributed by atoms with Gasteiger partial charge < -0.3 is 0 Å². The molecule has 1 saturated carbocycles. The number of benzene rings is 1. The largest absolute Gasteiger partial charge is 0.207 e. The fourth-order valence-corrected chi connectivity index (χ4v) is 1.98. The highest BCUT2D eigenvalue weighted by molar-refractivity contribution is 6.18. The molecule has 0 N–H and O–H groups in total. The van der Waals surface area contributed by atoms with Crippen molar-refractivity contribution in [1.29, 1.82) is 0 Å². The van der Waals surface area contributed by atoms with Gasteiger partial charge in [0, 0.05) is 5.88 Å². The summed E-state index contributed by atoms with van der Waals surface area (Å²) < 4.78 is 26.1. The van der Waals surface area contributed by atoms with Crippen LogP contribution in [-0.4, -0.2) is 5.88 Å². The van der Waals surface area contributed by atoms with E-state index in [0.29, 0.717) is 17.9 Å². The molecular formula is C11H11ClF2. The molecule has 3 heteroatoms. The van der Waals surface area contributed by atoms with Crippen LogP contribution in [0.25, 0.3) is 0 Å². The number of rotatable bonds is 3. The molecule has 0 bridgehead atoms. The van der Waals surface area contributed by atoms with Crippen LogP contribution in [0.5, 0.6) is 0 Å². The van der Waals surface area contributed by atoms with Crippen LogP contribution in [0.2, 0.25) is 0 Å². The third-order valence-electron chi connectivity index (χ3n) is 2.81. The molecule has 2 rings (SSSR count). The first-order valence-electron chi connectivity index (χ1n) is 4.65. The van der Waals surface area contributed by atoms with Crippen molar-refractivity contribution >= 4 is 11.6 Å². The molecule has 0 amide bonds. The molecule has 14 heavy (non-hydrogen) atoms. The van der Waals surface area contributed by atoms with E-state index in [9.17, 15) is 8.78 Å². The highest BCUT2D eigenvalue weighted by atomic mass is 35.5. The van der Waals surface area contributed by atoms with Crippen LogP contribution in [0.15, 0.2) is 18.2 Å². The Kier molecular flexibility index (Phi) is 2.48. The second kappa shape index (κ2) is 3.50. The van der Waals surface area contributed by atoms with Crippen LogP contribution in [0, 0.1) is 17.0 Å². The van der Waals surface area contributed by atoms with Gasteiger partial charge in [0.25, 0.3) is 0 Å². The predicted molar refractivity (Wildman–Crippen MR) is 52.4 cm³/mol. The summed E-state index contributed by atoms with van der Waals surface area (Å²) in [6.07, 6.45) is 2.60. The van der Waals surface area contributed by atoms with Crippen LogP contribution < -0.4 is 0 Å². The molecule has 0 unspecified atom stereocenters. The Bertz CT molecular complexity index is 345. The van der Waals surface area contributed by atoms with Crippen molar-refractivity contribution in [3.8, 4) is 0 Å². The van der Waals surface area contributed by atoms with Crippen molar-refractivity contribution in [2.45, 2.75) is 19.3 Å². The van der Waals surface area contributed by atoms with E-state index < -0.39 is 0 Å². The zero-order valence-corrected chi connectivity index (χ0v) is 8.45. The van der Waals surface area contributed by atoms with E-state index in [1.807, 2.05) is 0 Å². The smallest absolute Gasteiger partial charge is 0.126 e. The van der Waals surface area contributed by atoms with Gasteiger partial charge in [-0.2, -0.15) is 0 Å². The highest BCUT2D eigenvalue weighted by Crippen LogP contribution is 2.49. The maximum Gasteiger partial charge on any atom is 0.126 e. The molecule has 1 aliphatic carbocycles. The number of hydrogen-bond donors (Lipinski definition) is 0. The van der Waals surface area contributed by atoms with Crippen LogP contribution >= 0.6 is 11.6 Å². The van der Waals surface area contributed by atoms with Crippen molar-refractivity contribution in [1.82, 2.24) is 0 Å². The van der Waals surface area contributed by atoms with E-state index in [2.05, 4.69) is 0 Å². The normalized spacial score (nSPS) is 18.2. The van der Waals surface area contributed by atoms with Gasteiger partial charge in [-0.3, -0.25) is 0 Å². The van der Waals surface area contributed by atoms with Gasteiger partial charge in [0.05, 0.1) is 0 Å². The summed E-state index contributed by atoms with van der Waals surface area (Å²) in [6, 6.07) is 3.58. The average Bonchev–Trinajstić information content (AvgIpc) is 2.92. The molecule has 1 aliphatic rings. The van der Waals surface area contributed by atoms with Crippen molar-refractivity contribution in [2.75, 3.05) is 5.88 Å². The van der Waals surface area contributed by atoms with Gasteiger partial charge in [0.15, 0.2) is 0 Å². The van der Waals surface area contributed by atoms with E-state index in [4.69, 9.17) is 11.6 Å². The summed E-state index contributed by atoms with van der Waals surface area (Å²) in [7, 11) is 0. The Morgan fingerprint density at radius 2 is 2.00 bits per heavy atom. The standard InChI is InChI=1S/C11H11ClF2/c12-7-11(3-4-11)6-8-5-9(13)1-2-10(8)14/h1-2,5H,3-4,6-7H2. The zero-order valence-electron chi connectivity index (χ0n) is 7.69. The topological polar surface area (TPSA) is 0 Å². The Hall–Kier alpha value is -0.630. The molecule has 0 saturated heterocycles. The first-order valence-corrected chi connectivity index (χ1v) is 5.19. The lowest BCUT2D eigenvalue weighted by Gasteiger charge is -2.11. The molecule has 0 heterocycles. The molecule has 0 radical (unpaired) electrons.